The molecule has 0 atom stereocenters. The minimum Gasteiger partial charge on any atom is -0.380 e. The number of hydrogen-bond acceptors (Lipinski definition) is 8. The highest BCUT2D eigenvalue weighted by Crippen LogP contribution is 2.24. The van der Waals surface area contributed by atoms with Crippen molar-refractivity contribution < 1.29 is 19.1 Å². The molecule has 1 aliphatic rings. The quantitative estimate of drug-likeness (QED) is 0.555. The Morgan fingerprint density at radius 2 is 1.79 bits per heavy atom. The summed E-state index contributed by atoms with van der Waals surface area (Å²) in [6, 6.07) is 7.46. The van der Waals surface area contributed by atoms with Crippen LogP contribution in [-0.4, -0.2) is 97.9 Å². The summed E-state index contributed by atoms with van der Waals surface area (Å²) < 4.78 is 10.3. The van der Waals surface area contributed by atoms with Crippen LogP contribution in [0.15, 0.2) is 36.7 Å². The molecule has 1 N–H and O–H groups in total. The number of rotatable bonds is 9. The maximum absolute atomic E-state index is 13.0. The van der Waals surface area contributed by atoms with Crippen LogP contribution in [0.25, 0.3) is 0 Å². The van der Waals surface area contributed by atoms with Crippen molar-refractivity contribution in [2.24, 2.45) is 0 Å². The summed E-state index contributed by atoms with van der Waals surface area (Å²) in [5.74, 6) is 0.533. The first-order valence-corrected chi connectivity index (χ1v) is 11.4. The molecule has 3 heterocycles. The second-order valence-corrected chi connectivity index (χ2v) is 8.47. The minimum absolute atomic E-state index is 0.146. The number of aromatic nitrogens is 2. The Morgan fingerprint density at radius 1 is 1.09 bits per heavy atom. The van der Waals surface area contributed by atoms with Gasteiger partial charge in [0.25, 0.3) is 11.8 Å². The van der Waals surface area contributed by atoms with Crippen LogP contribution < -0.4 is 10.2 Å². The molecule has 2 aromatic heterocycles. The summed E-state index contributed by atoms with van der Waals surface area (Å²) >= 11 is 0. The lowest BCUT2D eigenvalue weighted by Crippen LogP contribution is -2.49. The average molecular weight is 471 g/mol. The van der Waals surface area contributed by atoms with Crippen LogP contribution in [0.3, 0.4) is 0 Å². The highest BCUT2D eigenvalue weighted by Gasteiger charge is 2.25. The van der Waals surface area contributed by atoms with E-state index in [-0.39, 0.29) is 18.4 Å². The van der Waals surface area contributed by atoms with Crippen molar-refractivity contribution in [1.82, 2.24) is 19.8 Å². The SMILES string of the molecule is COC(CN(C)C(=O)c1ccc(C(=O)N2CCN(c3ncccc3NC(C)C)CC2)nc1)OC. The molecular formula is C24H34N6O4. The van der Waals surface area contributed by atoms with Gasteiger partial charge >= 0.3 is 0 Å². The summed E-state index contributed by atoms with van der Waals surface area (Å²) in [7, 11) is 4.70. The molecule has 1 saturated heterocycles. The lowest BCUT2D eigenvalue weighted by atomic mass is 10.2. The van der Waals surface area contributed by atoms with Crippen LogP contribution in [0.2, 0.25) is 0 Å². The van der Waals surface area contributed by atoms with E-state index < -0.39 is 6.29 Å². The van der Waals surface area contributed by atoms with Crippen molar-refractivity contribution >= 4 is 23.3 Å². The number of methoxy groups -OCH3 is 2. The van der Waals surface area contributed by atoms with Crippen LogP contribution in [0.5, 0.6) is 0 Å². The molecule has 0 saturated carbocycles. The Balaban J connectivity index is 1.59. The number of piperazine rings is 1. The van der Waals surface area contributed by atoms with Gasteiger partial charge < -0.3 is 29.5 Å². The van der Waals surface area contributed by atoms with Gasteiger partial charge in [0.05, 0.1) is 17.8 Å². The first kappa shape index (κ1) is 25.4. The third-order valence-electron chi connectivity index (χ3n) is 5.62. The molecule has 0 bridgehead atoms. The van der Waals surface area contributed by atoms with Crippen molar-refractivity contribution in [3.8, 4) is 0 Å². The van der Waals surface area contributed by atoms with Crippen LogP contribution in [-0.2, 0) is 9.47 Å². The Hall–Kier alpha value is -3.24. The molecule has 10 nitrogen and oxygen atoms in total. The largest absolute Gasteiger partial charge is 0.380 e. The Morgan fingerprint density at radius 3 is 2.38 bits per heavy atom. The maximum Gasteiger partial charge on any atom is 0.272 e. The third-order valence-corrected chi connectivity index (χ3v) is 5.62. The van der Waals surface area contributed by atoms with E-state index in [4.69, 9.17) is 9.47 Å². The number of carbonyl (C=O) groups excluding carboxylic acids is 2. The summed E-state index contributed by atoms with van der Waals surface area (Å²) in [6.07, 6.45) is 2.71. The molecule has 34 heavy (non-hydrogen) atoms. The van der Waals surface area contributed by atoms with E-state index in [2.05, 4.69) is 34.0 Å². The normalized spacial score (nSPS) is 14.0. The highest BCUT2D eigenvalue weighted by atomic mass is 16.7. The fourth-order valence-corrected chi connectivity index (χ4v) is 3.78. The van der Waals surface area contributed by atoms with Gasteiger partial charge in [-0.2, -0.15) is 0 Å². The summed E-state index contributed by atoms with van der Waals surface area (Å²) in [6.45, 7) is 6.95. The number of nitrogens with zero attached hydrogens (tertiary/aromatic N) is 5. The molecule has 0 aromatic carbocycles. The van der Waals surface area contributed by atoms with Crippen molar-refractivity contribution in [2.75, 3.05) is 64.2 Å². The average Bonchev–Trinajstić information content (AvgIpc) is 2.86. The van der Waals surface area contributed by atoms with Gasteiger partial charge in [-0.05, 0) is 38.1 Å². The van der Waals surface area contributed by atoms with Gasteiger partial charge in [-0.3, -0.25) is 14.6 Å². The van der Waals surface area contributed by atoms with Crippen LogP contribution in [0.4, 0.5) is 11.5 Å². The standard InChI is InChI=1S/C24H34N6O4/c1-17(2)27-19-7-6-10-25-22(19)29-11-13-30(14-12-29)24(32)20-9-8-18(15-26-20)23(31)28(3)16-21(33-4)34-5/h6-10,15,17,21,27H,11-14,16H2,1-5H3. The Kier molecular flexibility index (Phi) is 8.78. The molecule has 0 aliphatic carbocycles. The summed E-state index contributed by atoms with van der Waals surface area (Å²) in [5, 5.41) is 3.43. The van der Waals surface area contributed by atoms with E-state index in [0.717, 1.165) is 11.5 Å². The monoisotopic (exact) mass is 470 g/mol. The van der Waals surface area contributed by atoms with Gasteiger partial charge in [0.2, 0.25) is 0 Å². The lowest BCUT2D eigenvalue weighted by molar-refractivity contribution is -0.110. The van der Waals surface area contributed by atoms with E-state index in [1.165, 1.54) is 25.3 Å². The Bertz CT molecular complexity index is 956. The number of ether oxygens (including phenoxy) is 2. The second-order valence-electron chi connectivity index (χ2n) is 8.47. The van der Waals surface area contributed by atoms with Gasteiger partial charge in [-0.1, -0.05) is 0 Å². The van der Waals surface area contributed by atoms with Gasteiger partial charge in [-0.15, -0.1) is 0 Å². The molecule has 10 heteroatoms. The third kappa shape index (κ3) is 6.21. The number of anilines is 2. The van der Waals surface area contributed by atoms with E-state index in [1.54, 1.807) is 30.3 Å². The zero-order chi connectivity index (χ0) is 24.7. The van der Waals surface area contributed by atoms with E-state index >= 15 is 0 Å². The molecule has 2 amide bonds. The fourth-order valence-electron chi connectivity index (χ4n) is 3.78. The number of nitrogens with one attached hydrogen (secondary N) is 1. The first-order valence-electron chi connectivity index (χ1n) is 11.4. The van der Waals surface area contributed by atoms with Gasteiger partial charge in [0.15, 0.2) is 12.1 Å². The second kappa shape index (κ2) is 11.8. The smallest absolute Gasteiger partial charge is 0.272 e. The molecule has 0 unspecified atom stereocenters. The molecule has 3 rings (SSSR count). The predicted octanol–water partition coefficient (Wildman–Crippen LogP) is 1.95. The molecule has 1 aliphatic heterocycles. The van der Waals surface area contributed by atoms with E-state index in [1.807, 2.05) is 12.1 Å². The molecule has 0 spiro atoms. The molecule has 2 aromatic rings. The molecular weight excluding hydrogens is 436 g/mol. The van der Waals surface area contributed by atoms with Gasteiger partial charge in [0, 0.05) is 65.9 Å². The van der Waals surface area contributed by atoms with E-state index in [0.29, 0.717) is 43.5 Å². The maximum atomic E-state index is 13.0. The van der Waals surface area contributed by atoms with E-state index in [9.17, 15) is 9.59 Å². The number of pyridine rings is 2. The summed E-state index contributed by atoms with van der Waals surface area (Å²) in [4.78, 5) is 39.9. The first-order chi connectivity index (χ1) is 16.3. The van der Waals surface area contributed by atoms with Crippen molar-refractivity contribution in [3.63, 3.8) is 0 Å². The number of hydrogen-bond donors (Lipinski definition) is 1. The van der Waals surface area contributed by atoms with Crippen LogP contribution in [0.1, 0.15) is 34.7 Å². The number of likely N-dealkylation sites (N-methyl/N-ethyl adjacent to an activating group) is 1. The van der Waals surface area contributed by atoms with Crippen molar-refractivity contribution in [3.05, 3.63) is 47.9 Å². The minimum atomic E-state index is -0.509. The summed E-state index contributed by atoms with van der Waals surface area (Å²) in [5.41, 5.74) is 1.71. The number of carbonyl (C=O) groups is 2. The van der Waals surface area contributed by atoms with Crippen molar-refractivity contribution in [2.45, 2.75) is 26.2 Å². The van der Waals surface area contributed by atoms with Crippen LogP contribution >= 0.6 is 0 Å². The zero-order valence-corrected chi connectivity index (χ0v) is 20.5. The van der Waals surface area contributed by atoms with Gasteiger partial charge in [0.1, 0.15) is 5.69 Å². The lowest BCUT2D eigenvalue weighted by Gasteiger charge is -2.36. The Labute approximate surface area is 200 Å². The molecule has 1 fully saturated rings. The molecule has 0 radical (unpaired) electrons. The predicted molar refractivity (Wildman–Crippen MR) is 130 cm³/mol. The van der Waals surface area contributed by atoms with Gasteiger partial charge in [-0.25, -0.2) is 4.98 Å². The zero-order valence-electron chi connectivity index (χ0n) is 20.5. The fraction of sp³-hybridized carbons (Fsp3) is 0.500. The van der Waals surface area contributed by atoms with Crippen LogP contribution in [0, 0.1) is 0 Å². The topological polar surface area (TPSA) is 100 Å². The highest BCUT2D eigenvalue weighted by molar-refractivity contribution is 5.96. The van der Waals surface area contributed by atoms with Crippen molar-refractivity contribution in [1.29, 1.82) is 0 Å². The number of amides is 2. The molecule has 184 valence electrons.